The SMILES string of the molecule is CSC1C=C(C)OC(/C=C/c2ccc(N(C)C)cc2)=C1. The summed E-state index contributed by atoms with van der Waals surface area (Å²) in [7, 11) is 4.09. The van der Waals surface area contributed by atoms with E-state index in [9.17, 15) is 0 Å². The van der Waals surface area contributed by atoms with Crippen LogP contribution in [0.25, 0.3) is 6.08 Å². The predicted octanol–water partition coefficient (Wildman–Crippen LogP) is 4.32. The molecule has 1 unspecified atom stereocenters. The highest BCUT2D eigenvalue weighted by Crippen LogP contribution is 2.23. The molecule has 20 heavy (non-hydrogen) atoms. The van der Waals surface area contributed by atoms with E-state index >= 15 is 0 Å². The third kappa shape index (κ3) is 3.94. The highest BCUT2D eigenvalue weighted by molar-refractivity contribution is 7.99. The van der Waals surface area contributed by atoms with Gasteiger partial charge in [0, 0.05) is 25.0 Å². The van der Waals surface area contributed by atoms with Gasteiger partial charge in [-0.15, -0.1) is 0 Å². The van der Waals surface area contributed by atoms with Crippen molar-refractivity contribution in [1.29, 1.82) is 0 Å². The van der Waals surface area contributed by atoms with E-state index in [1.54, 1.807) is 0 Å². The maximum Gasteiger partial charge on any atom is 0.124 e. The molecule has 0 N–H and O–H groups in total. The van der Waals surface area contributed by atoms with Gasteiger partial charge < -0.3 is 9.64 Å². The van der Waals surface area contributed by atoms with Crippen LogP contribution in [0.5, 0.6) is 0 Å². The molecule has 0 spiro atoms. The number of allylic oxidation sites excluding steroid dienone is 2. The minimum atomic E-state index is 0.402. The Kier molecular flexibility index (Phi) is 4.96. The predicted molar refractivity (Wildman–Crippen MR) is 90.0 cm³/mol. The first-order valence-corrected chi connectivity index (χ1v) is 7.93. The van der Waals surface area contributed by atoms with Crippen molar-refractivity contribution in [2.75, 3.05) is 25.3 Å². The number of hydrogen-bond acceptors (Lipinski definition) is 3. The third-order valence-electron chi connectivity index (χ3n) is 3.13. The fraction of sp³-hybridized carbons (Fsp3) is 0.294. The highest BCUT2D eigenvalue weighted by atomic mass is 32.2. The molecule has 0 saturated carbocycles. The van der Waals surface area contributed by atoms with Crippen LogP contribution >= 0.6 is 11.8 Å². The molecule has 2 rings (SSSR count). The number of nitrogens with zero attached hydrogens (tertiary/aromatic N) is 1. The summed E-state index contributed by atoms with van der Waals surface area (Å²) in [6, 6.07) is 8.46. The second-order valence-electron chi connectivity index (χ2n) is 4.97. The maximum absolute atomic E-state index is 5.72. The minimum absolute atomic E-state index is 0.402. The van der Waals surface area contributed by atoms with Crippen LogP contribution in [0.15, 0.2) is 54.0 Å². The topological polar surface area (TPSA) is 12.5 Å². The lowest BCUT2D eigenvalue weighted by molar-refractivity contribution is 0.314. The molecule has 1 aliphatic rings. The largest absolute Gasteiger partial charge is 0.463 e. The lowest BCUT2D eigenvalue weighted by atomic mass is 10.1. The van der Waals surface area contributed by atoms with Gasteiger partial charge in [0.2, 0.25) is 0 Å². The van der Waals surface area contributed by atoms with Gasteiger partial charge in [0.1, 0.15) is 5.76 Å². The summed E-state index contributed by atoms with van der Waals surface area (Å²) in [4.78, 5) is 2.09. The molecule has 3 heteroatoms. The Morgan fingerprint density at radius 2 is 1.80 bits per heavy atom. The molecule has 106 valence electrons. The van der Waals surface area contributed by atoms with Gasteiger partial charge in [-0.3, -0.25) is 0 Å². The van der Waals surface area contributed by atoms with Gasteiger partial charge in [-0.1, -0.05) is 18.2 Å². The van der Waals surface area contributed by atoms with Crippen molar-refractivity contribution in [3.63, 3.8) is 0 Å². The standard InChI is InChI=1S/C17H21NOS/c1-13-11-17(20-4)12-16(19-13)10-7-14-5-8-15(9-6-14)18(2)3/h5-12,17H,1-4H3/b10-7+. The fourth-order valence-corrected chi connectivity index (χ4v) is 2.58. The van der Waals surface area contributed by atoms with Crippen LogP contribution in [0.2, 0.25) is 0 Å². The maximum atomic E-state index is 5.72. The molecule has 2 nitrogen and oxygen atoms in total. The van der Waals surface area contributed by atoms with Gasteiger partial charge in [0.15, 0.2) is 0 Å². The van der Waals surface area contributed by atoms with E-state index in [1.165, 1.54) is 11.3 Å². The zero-order valence-corrected chi connectivity index (χ0v) is 13.3. The number of ether oxygens (including phenoxy) is 1. The lowest BCUT2D eigenvalue weighted by Crippen LogP contribution is -2.07. The van der Waals surface area contributed by atoms with Gasteiger partial charge in [0.25, 0.3) is 0 Å². The first-order valence-electron chi connectivity index (χ1n) is 6.65. The summed E-state index contributed by atoms with van der Waals surface area (Å²) in [5.74, 6) is 1.88. The molecule has 1 heterocycles. The molecule has 1 aromatic rings. The molecule has 0 aliphatic carbocycles. The van der Waals surface area contributed by atoms with Crippen molar-refractivity contribution >= 4 is 23.5 Å². The normalized spacial score (nSPS) is 18.5. The smallest absolute Gasteiger partial charge is 0.124 e. The molecule has 0 amide bonds. The fourth-order valence-electron chi connectivity index (χ4n) is 1.98. The van der Waals surface area contributed by atoms with E-state index < -0.39 is 0 Å². The van der Waals surface area contributed by atoms with E-state index in [-0.39, 0.29) is 0 Å². The summed E-state index contributed by atoms with van der Waals surface area (Å²) in [5, 5.41) is 0.402. The van der Waals surface area contributed by atoms with Crippen LogP contribution < -0.4 is 4.90 Å². The number of anilines is 1. The summed E-state index contributed by atoms with van der Waals surface area (Å²) in [6.45, 7) is 2.00. The van der Waals surface area contributed by atoms with Gasteiger partial charge in [-0.25, -0.2) is 0 Å². The second-order valence-corrected chi connectivity index (χ2v) is 5.98. The van der Waals surface area contributed by atoms with Crippen molar-refractivity contribution in [3.05, 3.63) is 59.6 Å². The van der Waals surface area contributed by atoms with Gasteiger partial charge in [-0.05, 0) is 49.1 Å². The Balaban J connectivity index is 2.07. The Bertz CT molecular complexity index is 541. The molecule has 0 fully saturated rings. The molecule has 0 aromatic heterocycles. The number of hydrogen-bond donors (Lipinski definition) is 0. The van der Waals surface area contributed by atoms with Crippen molar-refractivity contribution in [2.45, 2.75) is 12.2 Å². The van der Waals surface area contributed by atoms with Gasteiger partial charge in [-0.2, -0.15) is 11.8 Å². The van der Waals surface area contributed by atoms with Gasteiger partial charge in [0.05, 0.1) is 5.76 Å². The van der Waals surface area contributed by atoms with E-state index in [2.05, 4.69) is 53.6 Å². The first-order chi connectivity index (χ1) is 9.58. The van der Waals surface area contributed by atoms with E-state index in [0.29, 0.717) is 5.25 Å². The molecule has 1 aromatic carbocycles. The Labute approximate surface area is 125 Å². The second kappa shape index (κ2) is 6.71. The summed E-state index contributed by atoms with van der Waals surface area (Å²) >= 11 is 1.81. The molecule has 0 bridgehead atoms. The first kappa shape index (κ1) is 14.8. The van der Waals surface area contributed by atoms with Crippen molar-refractivity contribution in [2.24, 2.45) is 0 Å². The molecule has 0 saturated heterocycles. The lowest BCUT2D eigenvalue weighted by Gasteiger charge is -2.16. The van der Waals surface area contributed by atoms with Crippen molar-refractivity contribution in [1.82, 2.24) is 0 Å². The zero-order chi connectivity index (χ0) is 14.5. The van der Waals surface area contributed by atoms with Crippen molar-refractivity contribution < 1.29 is 4.74 Å². The van der Waals surface area contributed by atoms with E-state index in [0.717, 1.165) is 11.5 Å². The number of rotatable bonds is 4. The molecule has 0 radical (unpaired) electrons. The van der Waals surface area contributed by atoms with Crippen LogP contribution in [0, 0.1) is 0 Å². The Morgan fingerprint density at radius 3 is 2.40 bits per heavy atom. The highest BCUT2D eigenvalue weighted by Gasteiger charge is 2.10. The van der Waals surface area contributed by atoms with E-state index in [1.807, 2.05) is 38.9 Å². The van der Waals surface area contributed by atoms with Crippen LogP contribution in [0.4, 0.5) is 5.69 Å². The van der Waals surface area contributed by atoms with Gasteiger partial charge >= 0.3 is 0 Å². The van der Waals surface area contributed by atoms with E-state index in [4.69, 9.17) is 4.74 Å². The number of benzene rings is 1. The molecule has 1 atom stereocenters. The summed E-state index contributed by atoms with van der Waals surface area (Å²) in [5.41, 5.74) is 2.38. The van der Waals surface area contributed by atoms with Crippen LogP contribution in [0.3, 0.4) is 0 Å². The van der Waals surface area contributed by atoms with Crippen LogP contribution in [0.1, 0.15) is 12.5 Å². The summed E-state index contributed by atoms with van der Waals surface area (Å²) < 4.78 is 5.72. The Morgan fingerprint density at radius 1 is 1.10 bits per heavy atom. The molecule has 1 aliphatic heterocycles. The average Bonchev–Trinajstić information content (AvgIpc) is 2.45. The Hall–Kier alpha value is -1.61. The van der Waals surface area contributed by atoms with Crippen molar-refractivity contribution in [3.8, 4) is 0 Å². The van der Waals surface area contributed by atoms with Crippen LogP contribution in [-0.2, 0) is 4.74 Å². The summed E-state index contributed by atoms with van der Waals surface area (Å²) in [6.07, 6.45) is 10.5. The quantitative estimate of drug-likeness (QED) is 0.818. The number of thioether (sulfide) groups is 1. The molecular formula is C17H21NOS. The minimum Gasteiger partial charge on any atom is -0.463 e. The third-order valence-corrected chi connectivity index (χ3v) is 3.94. The average molecular weight is 287 g/mol. The monoisotopic (exact) mass is 287 g/mol. The zero-order valence-electron chi connectivity index (χ0n) is 12.5. The van der Waals surface area contributed by atoms with Crippen LogP contribution in [-0.4, -0.2) is 25.6 Å². The molecular weight excluding hydrogens is 266 g/mol.